The van der Waals surface area contributed by atoms with E-state index in [0.29, 0.717) is 15.2 Å². The van der Waals surface area contributed by atoms with Crippen LogP contribution in [0.3, 0.4) is 0 Å². The predicted molar refractivity (Wildman–Crippen MR) is 87.3 cm³/mol. The number of carbonyl (C=O) groups excluding carboxylic acids is 1. The van der Waals surface area contributed by atoms with Crippen molar-refractivity contribution in [1.82, 2.24) is 10.2 Å². The van der Waals surface area contributed by atoms with Crippen molar-refractivity contribution in [2.45, 2.75) is 32.6 Å². The average Bonchev–Trinajstić information content (AvgIpc) is 2.88. The molecule has 1 aromatic heterocycles. The first kappa shape index (κ1) is 16.2. The highest BCUT2D eigenvalue weighted by molar-refractivity contribution is 7.15. The second-order valence-electron chi connectivity index (χ2n) is 4.58. The molecule has 0 unspecified atom stereocenters. The van der Waals surface area contributed by atoms with E-state index in [1.807, 2.05) is 0 Å². The van der Waals surface area contributed by atoms with Crippen LogP contribution in [0, 0.1) is 0 Å². The number of rotatable bonds is 6. The summed E-state index contributed by atoms with van der Waals surface area (Å²) in [6.07, 6.45) is 3.31. The van der Waals surface area contributed by atoms with Crippen molar-refractivity contribution in [3.05, 3.63) is 38.8 Å². The number of aromatic nitrogens is 2. The number of nitrogens with zero attached hydrogens (tertiary/aromatic N) is 2. The van der Waals surface area contributed by atoms with Gasteiger partial charge in [-0.05, 0) is 24.1 Å². The van der Waals surface area contributed by atoms with E-state index in [4.69, 9.17) is 23.2 Å². The van der Waals surface area contributed by atoms with Gasteiger partial charge in [0.1, 0.15) is 5.01 Å². The van der Waals surface area contributed by atoms with Crippen molar-refractivity contribution in [2.24, 2.45) is 0 Å². The van der Waals surface area contributed by atoms with Crippen LogP contribution in [0.15, 0.2) is 18.2 Å². The number of hydrogen-bond donors (Lipinski definition) is 1. The van der Waals surface area contributed by atoms with Crippen LogP contribution in [0.2, 0.25) is 10.0 Å². The van der Waals surface area contributed by atoms with E-state index >= 15 is 0 Å². The normalized spacial score (nSPS) is 10.6. The Kier molecular flexibility index (Phi) is 5.96. The van der Waals surface area contributed by atoms with Gasteiger partial charge in [0.25, 0.3) is 0 Å². The lowest BCUT2D eigenvalue weighted by atomic mass is 10.1. The van der Waals surface area contributed by atoms with Crippen molar-refractivity contribution in [3.63, 3.8) is 0 Å². The summed E-state index contributed by atoms with van der Waals surface area (Å²) in [4.78, 5) is 12.0. The third-order valence-electron chi connectivity index (χ3n) is 2.81. The smallest absolute Gasteiger partial charge is 0.230 e. The standard InChI is InChI=1S/C14H15Cl2N3OS/c1-2-3-4-13-18-19-14(21-13)17-12(20)8-9-5-6-10(15)11(16)7-9/h5-7H,2-4,8H2,1H3,(H,17,19,20). The molecular weight excluding hydrogens is 329 g/mol. The fraction of sp³-hybridized carbons (Fsp3) is 0.357. The van der Waals surface area contributed by atoms with Crippen LogP contribution in [0.1, 0.15) is 30.3 Å². The molecule has 1 N–H and O–H groups in total. The van der Waals surface area contributed by atoms with E-state index in [0.717, 1.165) is 29.8 Å². The lowest BCUT2D eigenvalue weighted by Gasteiger charge is -2.03. The summed E-state index contributed by atoms with van der Waals surface area (Å²) < 4.78 is 0. The lowest BCUT2D eigenvalue weighted by molar-refractivity contribution is -0.115. The quantitative estimate of drug-likeness (QED) is 0.847. The fourth-order valence-electron chi connectivity index (χ4n) is 1.73. The second-order valence-corrected chi connectivity index (χ2v) is 6.45. The minimum Gasteiger partial charge on any atom is -0.300 e. The molecule has 0 fully saturated rings. The molecule has 2 aromatic rings. The predicted octanol–water partition coefficient (Wildman–Crippen LogP) is 4.37. The number of anilines is 1. The molecule has 112 valence electrons. The Morgan fingerprint density at radius 1 is 1.29 bits per heavy atom. The molecule has 0 radical (unpaired) electrons. The first-order valence-corrected chi connectivity index (χ1v) is 8.22. The van der Waals surface area contributed by atoms with Crippen LogP contribution >= 0.6 is 34.5 Å². The Bertz CT molecular complexity index is 630. The van der Waals surface area contributed by atoms with E-state index in [1.54, 1.807) is 18.2 Å². The van der Waals surface area contributed by atoms with Gasteiger partial charge in [-0.25, -0.2) is 0 Å². The summed E-state index contributed by atoms with van der Waals surface area (Å²) in [5.74, 6) is -0.147. The molecule has 0 bridgehead atoms. The Hall–Kier alpha value is -1.17. The number of unbranched alkanes of at least 4 members (excludes halogenated alkanes) is 1. The molecule has 0 spiro atoms. The first-order chi connectivity index (χ1) is 10.1. The van der Waals surface area contributed by atoms with Crippen molar-refractivity contribution >= 4 is 45.6 Å². The van der Waals surface area contributed by atoms with Crippen molar-refractivity contribution in [3.8, 4) is 0 Å². The van der Waals surface area contributed by atoms with Gasteiger partial charge in [0.15, 0.2) is 0 Å². The van der Waals surface area contributed by atoms with Crippen molar-refractivity contribution in [1.29, 1.82) is 0 Å². The molecule has 2 rings (SSSR count). The van der Waals surface area contributed by atoms with Gasteiger partial charge in [0.2, 0.25) is 11.0 Å². The highest BCUT2D eigenvalue weighted by Gasteiger charge is 2.09. The maximum absolute atomic E-state index is 12.0. The van der Waals surface area contributed by atoms with Gasteiger partial charge in [0, 0.05) is 6.42 Å². The maximum Gasteiger partial charge on any atom is 0.230 e. The van der Waals surface area contributed by atoms with E-state index in [9.17, 15) is 4.79 Å². The largest absolute Gasteiger partial charge is 0.300 e. The summed E-state index contributed by atoms with van der Waals surface area (Å²) in [6.45, 7) is 2.13. The molecular formula is C14H15Cl2N3OS. The Labute approximate surface area is 137 Å². The number of carbonyl (C=O) groups is 1. The fourth-order valence-corrected chi connectivity index (χ4v) is 2.85. The van der Waals surface area contributed by atoms with Gasteiger partial charge < -0.3 is 5.32 Å². The Balaban J connectivity index is 1.91. The third kappa shape index (κ3) is 4.95. The van der Waals surface area contributed by atoms with Crippen molar-refractivity contribution < 1.29 is 4.79 Å². The molecule has 0 atom stereocenters. The Morgan fingerprint density at radius 3 is 2.81 bits per heavy atom. The van der Waals surface area contributed by atoms with E-state index < -0.39 is 0 Å². The molecule has 1 amide bonds. The SMILES string of the molecule is CCCCc1nnc(NC(=O)Cc2ccc(Cl)c(Cl)c2)s1. The topological polar surface area (TPSA) is 54.9 Å². The summed E-state index contributed by atoms with van der Waals surface area (Å²) >= 11 is 13.2. The zero-order valence-electron chi connectivity index (χ0n) is 11.5. The molecule has 4 nitrogen and oxygen atoms in total. The maximum atomic E-state index is 12.0. The van der Waals surface area contributed by atoms with Gasteiger partial charge in [-0.3, -0.25) is 4.79 Å². The zero-order valence-corrected chi connectivity index (χ0v) is 13.9. The van der Waals surface area contributed by atoms with Crippen LogP contribution in [-0.4, -0.2) is 16.1 Å². The van der Waals surface area contributed by atoms with Gasteiger partial charge in [0.05, 0.1) is 16.5 Å². The molecule has 1 aromatic carbocycles. The van der Waals surface area contributed by atoms with E-state index in [-0.39, 0.29) is 12.3 Å². The molecule has 0 saturated carbocycles. The number of nitrogens with one attached hydrogen (secondary N) is 1. The van der Waals surface area contributed by atoms with E-state index in [2.05, 4.69) is 22.4 Å². The third-order valence-corrected chi connectivity index (χ3v) is 4.44. The van der Waals surface area contributed by atoms with Crippen LogP contribution in [0.5, 0.6) is 0 Å². The average molecular weight is 344 g/mol. The highest BCUT2D eigenvalue weighted by atomic mass is 35.5. The molecule has 0 saturated heterocycles. The number of benzene rings is 1. The van der Waals surface area contributed by atoms with Crippen LogP contribution in [0.25, 0.3) is 0 Å². The summed E-state index contributed by atoms with van der Waals surface area (Å²) in [5.41, 5.74) is 0.803. The van der Waals surface area contributed by atoms with Crippen LogP contribution in [0.4, 0.5) is 5.13 Å². The first-order valence-electron chi connectivity index (χ1n) is 6.64. The Morgan fingerprint density at radius 2 is 2.10 bits per heavy atom. The number of amides is 1. The van der Waals surface area contributed by atoms with Gasteiger partial charge >= 0.3 is 0 Å². The number of halogens is 2. The molecule has 0 aliphatic rings. The van der Waals surface area contributed by atoms with Crippen molar-refractivity contribution in [2.75, 3.05) is 5.32 Å². The molecule has 0 aliphatic carbocycles. The number of aryl methyl sites for hydroxylation is 1. The lowest BCUT2D eigenvalue weighted by Crippen LogP contribution is -2.14. The van der Waals surface area contributed by atoms with Gasteiger partial charge in [-0.1, -0.05) is 53.9 Å². The minimum atomic E-state index is -0.147. The van der Waals surface area contributed by atoms with E-state index in [1.165, 1.54) is 11.3 Å². The highest BCUT2D eigenvalue weighted by Crippen LogP contribution is 2.23. The molecule has 21 heavy (non-hydrogen) atoms. The summed E-state index contributed by atoms with van der Waals surface area (Å²) in [7, 11) is 0. The van der Waals surface area contributed by atoms with Gasteiger partial charge in [-0.15, -0.1) is 10.2 Å². The molecule has 0 aliphatic heterocycles. The van der Waals surface area contributed by atoms with Gasteiger partial charge in [-0.2, -0.15) is 0 Å². The minimum absolute atomic E-state index is 0.147. The second kappa shape index (κ2) is 7.73. The van der Waals surface area contributed by atoms with Crippen LogP contribution in [-0.2, 0) is 17.6 Å². The number of hydrogen-bond acceptors (Lipinski definition) is 4. The molecule has 1 heterocycles. The summed E-state index contributed by atoms with van der Waals surface area (Å²) in [6, 6.07) is 5.15. The summed E-state index contributed by atoms with van der Waals surface area (Å²) in [5, 5.41) is 13.2. The zero-order chi connectivity index (χ0) is 15.2. The molecule has 7 heteroatoms. The monoisotopic (exact) mass is 343 g/mol. The van der Waals surface area contributed by atoms with Crippen LogP contribution < -0.4 is 5.32 Å².